The number of hydrogen-bond donors (Lipinski definition) is 1. The molecule has 5 heteroatoms. The summed E-state index contributed by atoms with van der Waals surface area (Å²) in [5, 5.41) is 14.2. The maximum atomic E-state index is 10.9. The molecule has 0 unspecified atom stereocenters. The van der Waals surface area contributed by atoms with Gasteiger partial charge in [0.2, 0.25) is 0 Å². The number of likely N-dealkylation sites (tertiary alicyclic amines) is 1. The summed E-state index contributed by atoms with van der Waals surface area (Å²) in [7, 11) is 0. The zero-order valence-corrected chi connectivity index (χ0v) is 12.1. The van der Waals surface area contributed by atoms with Crippen molar-refractivity contribution in [2.45, 2.75) is 32.7 Å². The normalized spacial score (nSPS) is 15.7. The van der Waals surface area contributed by atoms with E-state index in [-0.39, 0.29) is 10.6 Å². The Morgan fingerprint density at radius 3 is 2.80 bits per heavy atom. The van der Waals surface area contributed by atoms with Crippen LogP contribution < -0.4 is 5.32 Å². The Labute approximate surface area is 120 Å². The van der Waals surface area contributed by atoms with Gasteiger partial charge in [-0.25, -0.2) is 0 Å². The summed E-state index contributed by atoms with van der Waals surface area (Å²) in [6, 6.07) is 5.44. The van der Waals surface area contributed by atoms with Gasteiger partial charge in [-0.15, -0.1) is 0 Å². The zero-order valence-electron chi connectivity index (χ0n) is 12.1. The number of nitrogens with one attached hydrogen (secondary N) is 1. The van der Waals surface area contributed by atoms with Crippen LogP contribution in [0.1, 0.15) is 30.4 Å². The predicted molar refractivity (Wildman–Crippen MR) is 79.8 cm³/mol. The Hall–Kier alpha value is -1.46. The Morgan fingerprint density at radius 2 is 2.10 bits per heavy atom. The number of rotatable bonds is 7. The predicted octanol–water partition coefficient (Wildman–Crippen LogP) is 2.48. The van der Waals surface area contributed by atoms with Crippen LogP contribution in [-0.4, -0.2) is 36.0 Å². The van der Waals surface area contributed by atoms with Crippen molar-refractivity contribution in [3.63, 3.8) is 0 Å². The molecular formula is C15H23N3O2. The first-order chi connectivity index (χ1) is 9.66. The minimum atomic E-state index is -0.313. The van der Waals surface area contributed by atoms with Crippen molar-refractivity contribution in [3.8, 4) is 0 Å². The standard InChI is InChI=1S/C15H23N3O2/c1-13-5-6-14(11-15(13)18(19)20)12-16-7-4-10-17-8-2-3-9-17/h5-6,11,16H,2-4,7-10,12H2,1H3. The van der Waals surface area contributed by atoms with Crippen LogP contribution in [0.4, 0.5) is 5.69 Å². The molecule has 1 N–H and O–H groups in total. The highest BCUT2D eigenvalue weighted by Gasteiger charge is 2.11. The van der Waals surface area contributed by atoms with Crippen molar-refractivity contribution in [3.05, 3.63) is 39.4 Å². The molecule has 0 amide bonds. The monoisotopic (exact) mass is 277 g/mol. The van der Waals surface area contributed by atoms with Crippen LogP contribution in [0.25, 0.3) is 0 Å². The van der Waals surface area contributed by atoms with Gasteiger partial charge in [-0.2, -0.15) is 0 Å². The lowest BCUT2D eigenvalue weighted by atomic mass is 10.1. The highest BCUT2D eigenvalue weighted by Crippen LogP contribution is 2.19. The fourth-order valence-electron chi connectivity index (χ4n) is 2.63. The van der Waals surface area contributed by atoms with Crippen LogP contribution in [0, 0.1) is 17.0 Å². The largest absolute Gasteiger partial charge is 0.313 e. The van der Waals surface area contributed by atoms with Gasteiger partial charge in [-0.1, -0.05) is 12.1 Å². The molecule has 0 atom stereocenters. The second-order valence-electron chi connectivity index (χ2n) is 5.46. The van der Waals surface area contributed by atoms with Gasteiger partial charge in [0, 0.05) is 18.2 Å². The average molecular weight is 277 g/mol. The van der Waals surface area contributed by atoms with Gasteiger partial charge in [0.15, 0.2) is 0 Å². The fraction of sp³-hybridized carbons (Fsp3) is 0.600. The van der Waals surface area contributed by atoms with E-state index in [4.69, 9.17) is 0 Å². The lowest BCUT2D eigenvalue weighted by Gasteiger charge is -2.14. The number of nitro groups is 1. The quantitative estimate of drug-likeness (QED) is 0.472. The van der Waals surface area contributed by atoms with E-state index in [9.17, 15) is 10.1 Å². The Morgan fingerprint density at radius 1 is 1.35 bits per heavy atom. The minimum Gasteiger partial charge on any atom is -0.313 e. The van der Waals surface area contributed by atoms with E-state index in [1.807, 2.05) is 12.1 Å². The SMILES string of the molecule is Cc1ccc(CNCCCN2CCCC2)cc1[N+](=O)[O-]. The van der Waals surface area contributed by atoms with Crippen LogP contribution >= 0.6 is 0 Å². The van der Waals surface area contributed by atoms with Gasteiger partial charge in [-0.05, 0) is 57.9 Å². The van der Waals surface area contributed by atoms with E-state index >= 15 is 0 Å². The van der Waals surface area contributed by atoms with Crippen molar-refractivity contribution in [2.75, 3.05) is 26.2 Å². The van der Waals surface area contributed by atoms with E-state index in [0.717, 1.165) is 25.1 Å². The third-order valence-corrected chi connectivity index (χ3v) is 3.83. The number of nitrogens with zero attached hydrogens (tertiary/aromatic N) is 2. The Kier molecular flexibility index (Phi) is 5.49. The first kappa shape index (κ1) is 14.9. The summed E-state index contributed by atoms with van der Waals surface area (Å²) >= 11 is 0. The van der Waals surface area contributed by atoms with Crippen molar-refractivity contribution >= 4 is 5.69 Å². The van der Waals surface area contributed by atoms with Crippen LogP contribution in [0.5, 0.6) is 0 Å². The number of benzene rings is 1. The average Bonchev–Trinajstić information content (AvgIpc) is 2.93. The highest BCUT2D eigenvalue weighted by atomic mass is 16.6. The molecule has 2 rings (SSSR count). The first-order valence-corrected chi connectivity index (χ1v) is 7.34. The number of nitro benzene ring substituents is 1. The number of hydrogen-bond acceptors (Lipinski definition) is 4. The summed E-state index contributed by atoms with van der Waals surface area (Å²) in [6.07, 6.45) is 3.80. The highest BCUT2D eigenvalue weighted by molar-refractivity contribution is 5.42. The van der Waals surface area contributed by atoms with Crippen molar-refractivity contribution in [1.82, 2.24) is 10.2 Å². The van der Waals surface area contributed by atoms with Gasteiger partial charge in [0.1, 0.15) is 0 Å². The smallest absolute Gasteiger partial charge is 0.272 e. The van der Waals surface area contributed by atoms with E-state index in [1.54, 1.807) is 13.0 Å². The molecule has 0 spiro atoms. The zero-order chi connectivity index (χ0) is 14.4. The van der Waals surface area contributed by atoms with Crippen LogP contribution in [-0.2, 0) is 6.54 Å². The molecule has 0 saturated carbocycles. The molecule has 0 aromatic heterocycles. The first-order valence-electron chi connectivity index (χ1n) is 7.34. The van der Waals surface area contributed by atoms with E-state index in [1.165, 1.54) is 25.9 Å². The summed E-state index contributed by atoms with van der Waals surface area (Å²) in [4.78, 5) is 13.1. The third-order valence-electron chi connectivity index (χ3n) is 3.83. The molecule has 0 aliphatic carbocycles. The van der Waals surface area contributed by atoms with Crippen molar-refractivity contribution < 1.29 is 4.92 Å². The molecule has 0 radical (unpaired) electrons. The molecule has 1 saturated heterocycles. The molecule has 1 aliphatic rings. The molecule has 1 fully saturated rings. The van der Waals surface area contributed by atoms with E-state index < -0.39 is 0 Å². The van der Waals surface area contributed by atoms with E-state index in [0.29, 0.717) is 12.1 Å². The molecule has 5 nitrogen and oxygen atoms in total. The van der Waals surface area contributed by atoms with Gasteiger partial charge >= 0.3 is 0 Å². The summed E-state index contributed by atoms with van der Waals surface area (Å²) in [5.41, 5.74) is 1.90. The maximum absolute atomic E-state index is 10.9. The molecule has 1 aromatic carbocycles. The second-order valence-corrected chi connectivity index (χ2v) is 5.46. The fourth-order valence-corrected chi connectivity index (χ4v) is 2.63. The lowest BCUT2D eigenvalue weighted by molar-refractivity contribution is -0.385. The number of aryl methyl sites for hydroxylation is 1. The van der Waals surface area contributed by atoms with E-state index in [2.05, 4.69) is 10.2 Å². The van der Waals surface area contributed by atoms with Gasteiger partial charge in [0.05, 0.1) is 4.92 Å². The summed E-state index contributed by atoms with van der Waals surface area (Å²) in [6.45, 7) is 7.06. The Balaban J connectivity index is 1.71. The van der Waals surface area contributed by atoms with Gasteiger partial charge in [-0.3, -0.25) is 10.1 Å². The summed E-state index contributed by atoms with van der Waals surface area (Å²) < 4.78 is 0. The molecule has 110 valence electrons. The molecular weight excluding hydrogens is 254 g/mol. The maximum Gasteiger partial charge on any atom is 0.272 e. The molecule has 20 heavy (non-hydrogen) atoms. The second kappa shape index (κ2) is 7.36. The lowest BCUT2D eigenvalue weighted by Crippen LogP contribution is -2.24. The van der Waals surface area contributed by atoms with Crippen LogP contribution in [0.15, 0.2) is 18.2 Å². The molecule has 0 bridgehead atoms. The van der Waals surface area contributed by atoms with Gasteiger partial charge in [0.25, 0.3) is 5.69 Å². The molecule has 1 heterocycles. The Bertz CT molecular complexity index is 456. The van der Waals surface area contributed by atoms with Crippen molar-refractivity contribution in [1.29, 1.82) is 0 Å². The van der Waals surface area contributed by atoms with Gasteiger partial charge < -0.3 is 10.2 Å². The summed E-state index contributed by atoms with van der Waals surface area (Å²) in [5.74, 6) is 0. The topological polar surface area (TPSA) is 58.4 Å². The van der Waals surface area contributed by atoms with Crippen molar-refractivity contribution in [2.24, 2.45) is 0 Å². The molecule has 1 aliphatic heterocycles. The van der Waals surface area contributed by atoms with Crippen LogP contribution in [0.2, 0.25) is 0 Å². The minimum absolute atomic E-state index is 0.210. The third kappa shape index (κ3) is 4.28. The van der Waals surface area contributed by atoms with Crippen LogP contribution in [0.3, 0.4) is 0 Å². The molecule has 1 aromatic rings.